The van der Waals surface area contributed by atoms with E-state index in [-0.39, 0.29) is 5.75 Å². The van der Waals surface area contributed by atoms with E-state index in [4.69, 9.17) is 5.14 Å². The van der Waals surface area contributed by atoms with Crippen LogP contribution in [0.1, 0.15) is 38.5 Å². The highest BCUT2D eigenvalue weighted by atomic mass is 32.2. The van der Waals surface area contributed by atoms with Crippen LogP contribution in [0.2, 0.25) is 0 Å². The fourth-order valence-electron chi connectivity index (χ4n) is 5.04. The summed E-state index contributed by atoms with van der Waals surface area (Å²) in [5, 5.41) is 8.47. The number of hydrogen-bond acceptors (Lipinski definition) is 3. The summed E-state index contributed by atoms with van der Waals surface area (Å²) in [5.74, 6) is 4.90. The van der Waals surface area contributed by atoms with Gasteiger partial charge in [0.05, 0.1) is 5.75 Å². The number of sulfonamides is 1. The molecule has 4 rings (SSSR count). The molecule has 4 fully saturated rings. The van der Waals surface area contributed by atoms with Crippen molar-refractivity contribution in [2.45, 2.75) is 38.5 Å². The maximum Gasteiger partial charge on any atom is 0.209 e. The second kappa shape index (κ2) is 5.34. The van der Waals surface area contributed by atoms with Gasteiger partial charge in [-0.3, -0.25) is 0 Å². The van der Waals surface area contributed by atoms with E-state index in [1.807, 2.05) is 0 Å². The zero-order valence-electron chi connectivity index (χ0n) is 11.6. The molecule has 4 nitrogen and oxygen atoms in total. The summed E-state index contributed by atoms with van der Waals surface area (Å²) in [6, 6.07) is 0. The molecule has 4 bridgehead atoms. The topological polar surface area (TPSA) is 72.2 Å². The maximum absolute atomic E-state index is 10.8. The van der Waals surface area contributed by atoms with Crippen molar-refractivity contribution >= 4 is 10.0 Å². The van der Waals surface area contributed by atoms with E-state index in [0.29, 0.717) is 6.42 Å². The Morgan fingerprint density at radius 3 is 2.11 bits per heavy atom. The van der Waals surface area contributed by atoms with Gasteiger partial charge in [-0.15, -0.1) is 0 Å². The minimum absolute atomic E-state index is 0.0989. The fraction of sp³-hybridized carbons (Fsp3) is 1.00. The van der Waals surface area contributed by atoms with E-state index >= 15 is 0 Å². The van der Waals surface area contributed by atoms with E-state index in [1.165, 1.54) is 32.1 Å². The van der Waals surface area contributed by atoms with Crippen LogP contribution in [0.25, 0.3) is 0 Å². The predicted octanol–water partition coefficient (Wildman–Crippen LogP) is 1.33. The molecule has 0 aromatic rings. The number of primary sulfonamides is 1. The van der Waals surface area contributed by atoms with Crippen LogP contribution in [0.5, 0.6) is 0 Å². The molecule has 5 heteroatoms. The van der Waals surface area contributed by atoms with Gasteiger partial charge in [0.25, 0.3) is 0 Å². The van der Waals surface area contributed by atoms with E-state index in [0.717, 1.165) is 42.7 Å². The summed E-state index contributed by atoms with van der Waals surface area (Å²) in [5.41, 5.74) is 0. The van der Waals surface area contributed by atoms with Crippen LogP contribution in [-0.2, 0) is 10.0 Å². The Balaban J connectivity index is 1.41. The van der Waals surface area contributed by atoms with Crippen LogP contribution in [0, 0.1) is 29.6 Å². The molecule has 0 spiro atoms. The van der Waals surface area contributed by atoms with Gasteiger partial charge in [0.15, 0.2) is 0 Å². The minimum atomic E-state index is -3.29. The normalized spacial score (nSPS) is 40.8. The smallest absolute Gasteiger partial charge is 0.209 e. The molecular weight excluding hydrogens is 260 g/mol. The van der Waals surface area contributed by atoms with Gasteiger partial charge in [0.2, 0.25) is 10.0 Å². The van der Waals surface area contributed by atoms with Crippen LogP contribution in [0.3, 0.4) is 0 Å². The van der Waals surface area contributed by atoms with E-state index in [9.17, 15) is 8.42 Å². The predicted molar refractivity (Wildman–Crippen MR) is 76.0 cm³/mol. The quantitative estimate of drug-likeness (QED) is 0.724. The first-order valence-corrected chi connectivity index (χ1v) is 9.44. The Morgan fingerprint density at radius 1 is 1.00 bits per heavy atom. The van der Waals surface area contributed by atoms with Crippen molar-refractivity contribution in [2.24, 2.45) is 34.7 Å². The van der Waals surface area contributed by atoms with Crippen molar-refractivity contribution in [1.82, 2.24) is 5.32 Å². The molecule has 4 saturated carbocycles. The Bertz CT molecular complexity index is 393. The first kappa shape index (κ1) is 13.8. The highest BCUT2D eigenvalue weighted by Crippen LogP contribution is 2.56. The van der Waals surface area contributed by atoms with Crippen molar-refractivity contribution in [1.29, 1.82) is 0 Å². The Morgan fingerprint density at radius 2 is 1.58 bits per heavy atom. The Hall–Kier alpha value is -0.130. The van der Waals surface area contributed by atoms with Gasteiger partial charge in [-0.2, -0.15) is 0 Å². The highest BCUT2D eigenvalue weighted by molar-refractivity contribution is 7.89. The molecule has 0 atom stereocenters. The van der Waals surface area contributed by atoms with E-state index in [2.05, 4.69) is 5.32 Å². The molecule has 0 aromatic carbocycles. The molecule has 0 amide bonds. The minimum Gasteiger partial charge on any atom is -0.316 e. The summed E-state index contributed by atoms with van der Waals surface area (Å²) < 4.78 is 21.7. The second-order valence-corrected chi connectivity index (χ2v) is 8.75. The van der Waals surface area contributed by atoms with Crippen LogP contribution < -0.4 is 10.5 Å². The molecule has 110 valence electrons. The first-order chi connectivity index (χ1) is 9.01. The van der Waals surface area contributed by atoms with E-state index in [1.54, 1.807) is 0 Å². The molecule has 0 aromatic heterocycles. The number of nitrogens with two attached hydrogens (primary N) is 1. The standard InChI is InChI=1S/C14H26N2O2S/c15-19(17,18)3-1-2-16-9-14-12-5-10-4-11(7-12)8-13(14)6-10/h10-14,16H,1-9H2,(H2,15,17,18). The Labute approximate surface area is 116 Å². The zero-order chi connectivity index (χ0) is 13.5. The average Bonchev–Trinajstić information content (AvgIpc) is 2.29. The molecule has 4 aliphatic rings. The monoisotopic (exact) mass is 286 g/mol. The van der Waals surface area contributed by atoms with Crippen molar-refractivity contribution in [3.8, 4) is 0 Å². The van der Waals surface area contributed by atoms with Gasteiger partial charge >= 0.3 is 0 Å². The summed E-state index contributed by atoms with van der Waals surface area (Å²) >= 11 is 0. The fourth-order valence-corrected chi connectivity index (χ4v) is 5.59. The lowest BCUT2D eigenvalue weighted by Crippen LogP contribution is -2.48. The summed E-state index contributed by atoms with van der Waals surface area (Å²) in [7, 11) is -3.29. The molecule has 0 radical (unpaired) electrons. The largest absolute Gasteiger partial charge is 0.316 e. The van der Waals surface area contributed by atoms with Gasteiger partial charge in [-0.25, -0.2) is 13.6 Å². The first-order valence-electron chi connectivity index (χ1n) is 7.72. The third-order valence-corrected chi connectivity index (χ3v) is 6.44. The van der Waals surface area contributed by atoms with Crippen LogP contribution >= 0.6 is 0 Å². The van der Waals surface area contributed by atoms with E-state index < -0.39 is 10.0 Å². The third kappa shape index (κ3) is 3.31. The van der Waals surface area contributed by atoms with Crippen molar-refractivity contribution in [3.63, 3.8) is 0 Å². The third-order valence-electron chi connectivity index (χ3n) is 5.58. The number of nitrogens with one attached hydrogen (secondary N) is 1. The summed E-state index contributed by atoms with van der Waals surface area (Å²) in [6.45, 7) is 1.86. The molecule has 3 N–H and O–H groups in total. The average molecular weight is 286 g/mol. The van der Waals surface area contributed by atoms with Crippen LogP contribution in [0.4, 0.5) is 0 Å². The summed E-state index contributed by atoms with van der Waals surface area (Å²) in [4.78, 5) is 0. The van der Waals surface area contributed by atoms with Crippen LogP contribution in [-0.4, -0.2) is 27.3 Å². The SMILES string of the molecule is NS(=O)(=O)CCCNCC1C2CC3CC(C2)CC1C3. The molecule has 19 heavy (non-hydrogen) atoms. The van der Waals surface area contributed by atoms with Gasteiger partial charge in [-0.1, -0.05) is 0 Å². The number of rotatable bonds is 6. The maximum atomic E-state index is 10.8. The second-order valence-electron chi connectivity index (χ2n) is 7.02. The van der Waals surface area contributed by atoms with Gasteiger partial charge in [-0.05, 0) is 81.2 Å². The lowest BCUT2D eigenvalue weighted by molar-refractivity contribution is -0.0353. The molecule has 0 unspecified atom stereocenters. The lowest BCUT2D eigenvalue weighted by atomic mass is 9.52. The van der Waals surface area contributed by atoms with Gasteiger partial charge in [0.1, 0.15) is 0 Å². The molecule has 4 aliphatic carbocycles. The zero-order valence-corrected chi connectivity index (χ0v) is 12.4. The van der Waals surface area contributed by atoms with Gasteiger partial charge < -0.3 is 5.32 Å². The van der Waals surface area contributed by atoms with Crippen molar-refractivity contribution in [3.05, 3.63) is 0 Å². The van der Waals surface area contributed by atoms with Crippen molar-refractivity contribution in [2.75, 3.05) is 18.8 Å². The lowest BCUT2D eigenvalue weighted by Gasteiger charge is -2.54. The van der Waals surface area contributed by atoms with Crippen molar-refractivity contribution < 1.29 is 8.42 Å². The number of hydrogen-bond donors (Lipinski definition) is 2. The molecular formula is C14H26N2O2S. The highest BCUT2D eigenvalue weighted by Gasteiger charge is 2.47. The van der Waals surface area contributed by atoms with Gasteiger partial charge in [0, 0.05) is 0 Å². The summed E-state index contributed by atoms with van der Waals surface area (Å²) in [6.07, 6.45) is 7.95. The molecule has 0 saturated heterocycles. The molecule has 0 aliphatic heterocycles. The Kier molecular flexibility index (Phi) is 3.89. The van der Waals surface area contributed by atoms with Crippen LogP contribution in [0.15, 0.2) is 0 Å². The molecule has 0 heterocycles.